The molecule has 2 rings (SSSR count). The highest BCUT2D eigenvalue weighted by Gasteiger charge is 2.31. The van der Waals surface area contributed by atoms with E-state index >= 15 is 0 Å². The van der Waals surface area contributed by atoms with Crippen molar-refractivity contribution in [3.05, 3.63) is 34.9 Å². The van der Waals surface area contributed by atoms with E-state index in [1.807, 2.05) is 24.3 Å². The summed E-state index contributed by atoms with van der Waals surface area (Å²) in [6.45, 7) is 3.90. The van der Waals surface area contributed by atoms with E-state index in [0.29, 0.717) is 19.7 Å². The van der Waals surface area contributed by atoms with Gasteiger partial charge in [0, 0.05) is 30.2 Å². The predicted octanol–water partition coefficient (Wildman–Crippen LogP) is 1.42. The SMILES string of the molecule is CC1COC(CO)CN1C(CN)c1ccccc1Cl. The number of rotatable bonds is 4. The number of nitrogens with zero attached hydrogens (tertiary/aromatic N) is 1. The average Bonchev–Trinajstić information content (AvgIpc) is 2.43. The molecule has 1 fully saturated rings. The first-order chi connectivity index (χ1) is 9.17. The van der Waals surface area contributed by atoms with E-state index < -0.39 is 0 Å². The zero-order chi connectivity index (χ0) is 13.8. The van der Waals surface area contributed by atoms with Gasteiger partial charge in [-0.2, -0.15) is 0 Å². The van der Waals surface area contributed by atoms with Gasteiger partial charge in [-0.25, -0.2) is 0 Å². The number of hydrogen-bond donors (Lipinski definition) is 2. The Hall–Kier alpha value is -0.650. The van der Waals surface area contributed by atoms with E-state index in [1.165, 1.54) is 0 Å². The van der Waals surface area contributed by atoms with Crippen molar-refractivity contribution in [2.24, 2.45) is 5.73 Å². The summed E-state index contributed by atoms with van der Waals surface area (Å²) < 4.78 is 5.56. The second kappa shape index (κ2) is 6.68. The van der Waals surface area contributed by atoms with Crippen LogP contribution in [0.4, 0.5) is 0 Å². The van der Waals surface area contributed by atoms with Crippen LogP contribution in [0.3, 0.4) is 0 Å². The van der Waals surface area contributed by atoms with E-state index in [2.05, 4.69) is 11.8 Å². The van der Waals surface area contributed by atoms with E-state index in [0.717, 1.165) is 10.6 Å². The molecular weight excluding hydrogens is 264 g/mol. The molecule has 106 valence electrons. The smallest absolute Gasteiger partial charge is 0.0933 e. The third-order valence-electron chi connectivity index (χ3n) is 3.65. The van der Waals surface area contributed by atoms with Crippen LogP contribution < -0.4 is 5.73 Å². The maximum absolute atomic E-state index is 9.27. The Balaban J connectivity index is 2.23. The molecule has 0 radical (unpaired) electrons. The Kier molecular flexibility index (Phi) is 5.19. The summed E-state index contributed by atoms with van der Waals surface area (Å²) in [5, 5.41) is 10.00. The van der Waals surface area contributed by atoms with Gasteiger partial charge in [0.15, 0.2) is 0 Å². The van der Waals surface area contributed by atoms with Crippen LogP contribution in [0.2, 0.25) is 5.02 Å². The van der Waals surface area contributed by atoms with E-state index in [4.69, 9.17) is 22.1 Å². The van der Waals surface area contributed by atoms with Crippen molar-refractivity contribution < 1.29 is 9.84 Å². The zero-order valence-electron chi connectivity index (χ0n) is 11.1. The first-order valence-corrected chi connectivity index (χ1v) is 6.97. The minimum Gasteiger partial charge on any atom is -0.394 e. The number of hydrogen-bond acceptors (Lipinski definition) is 4. The molecule has 5 heteroatoms. The minimum absolute atomic E-state index is 0.0308. The standard InChI is InChI=1S/C14H21ClN2O2/c1-10-9-19-11(8-18)7-17(10)14(6-16)12-4-2-3-5-13(12)15/h2-5,10-11,14,18H,6-9,16H2,1H3. The summed E-state index contributed by atoms with van der Waals surface area (Å²) in [5.74, 6) is 0. The van der Waals surface area contributed by atoms with Gasteiger partial charge in [-0.05, 0) is 18.6 Å². The Morgan fingerprint density at radius 1 is 1.53 bits per heavy atom. The highest BCUT2D eigenvalue weighted by molar-refractivity contribution is 6.31. The molecule has 1 aliphatic heterocycles. The molecule has 1 saturated heterocycles. The number of aliphatic hydroxyl groups excluding tert-OH is 1. The van der Waals surface area contributed by atoms with Gasteiger partial charge in [0.25, 0.3) is 0 Å². The van der Waals surface area contributed by atoms with Crippen molar-refractivity contribution in [3.63, 3.8) is 0 Å². The Morgan fingerprint density at radius 3 is 2.89 bits per heavy atom. The van der Waals surface area contributed by atoms with Crippen LogP contribution >= 0.6 is 11.6 Å². The monoisotopic (exact) mass is 284 g/mol. The number of nitrogens with two attached hydrogens (primary N) is 1. The van der Waals surface area contributed by atoms with Gasteiger partial charge in [-0.1, -0.05) is 29.8 Å². The maximum atomic E-state index is 9.27. The third-order valence-corrected chi connectivity index (χ3v) is 3.99. The first-order valence-electron chi connectivity index (χ1n) is 6.60. The molecule has 0 amide bonds. The molecule has 1 aromatic carbocycles. The van der Waals surface area contributed by atoms with Crippen LogP contribution in [0.15, 0.2) is 24.3 Å². The average molecular weight is 285 g/mol. The summed E-state index contributed by atoms with van der Waals surface area (Å²) >= 11 is 6.27. The van der Waals surface area contributed by atoms with Gasteiger partial charge in [-0.15, -0.1) is 0 Å². The molecule has 3 unspecified atom stereocenters. The number of halogens is 1. The summed E-state index contributed by atoms with van der Waals surface area (Å²) in [7, 11) is 0. The molecular formula is C14H21ClN2O2. The van der Waals surface area contributed by atoms with E-state index in [9.17, 15) is 5.11 Å². The van der Waals surface area contributed by atoms with Crippen molar-refractivity contribution in [3.8, 4) is 0 Å². The summed E-state index contributed by atoms with van der Waals surface area (Å²) in [6.07, 6.45) is -0.146. The summed E-state index contributed by atoms with van der Waals surface area (Å²) in [6, 6.07) is 8.09. The van der Waals surface area contributed by atoms with Crippen molar-refractivity contribution in [1.29, 1.82) is 0 Å². The molecule has 0 aliphatic carbocycles. The lowest BCUT2D eigenvalue weighted by atomic mass is 10.0. The van der Waals surface area contributed by atoms with Crippen LogP contribution in [0.25, 0.3) is 0 Å². The molecule has 3 N–H and O–H groups in total. The Labute approximate surface area is 119 Å². The molecule has 0 bridgehead atoms. The maximum Gasteiger partial charge on any atom is 0.0933 e. The molecule has 1 aromatic rings. The van der Waals surface area contributed by atoms with Gasteiger partial charge in [0.1, 0.15) is 0 Å². The van der Waals surface area contributed by atoms with Crippen LogP contribution in [-0.2, 0) is 4.74 Å². The largest absolute Gasteiger partial charge is 0.394 e. The fourth-order valence-corrected chi connectivity index (χ4v) is 2.83. The van der Waals surface area contributed by atoms with E-state index in [-0.39, 0.29) is 24.8 Å². The molecule has 19 heavy (non-hydrogen) atoms. The minimum atomic E-state index is -0.146. The van der Waals surface area contributed by atoms with Crippen molar-refractivity contribution in [2.45, 2.75) is 25.1 Å². The molecule has 4 nitrogen and oxygen atoms in total. The quantitative estimate of drug-likeness (QED) is 0.878. The molecule has 3 atom stereocenters. The summed E-state index contributed by atoms with van der Waals surface area (Å²) in [4.78, 5) is 2.27. The second-order valence-corrected chi connectivity index (χ2v) is 5.36. The first kappa shape index (κ1) is 14.8. The van der Waals surface area contributed by atoms with Crippen LogP contribution in [-0.4, -0.2) is 48.5 Å². The zero-order valence-corrected chi connectivity index (χ0v) is 11.9. The van der Waals surface area contributed by atoms with Gasteiger partial charge >= 0.3 is 0 Å². The lowest BCUT2D eigenvalue weighted by Crippen LogP contribution is -2.52. The van der Waals surface area contributed by atoms with Crippen molar-refractivity contribution in [1.82, 2.24) is 4.90 Å². The van der Waals surface area contributed by atoms with E-state index in [1.54, 1.807) is 0 Å². The van der Waals surface area contributed by atoms with Crippen molar-refractivity contribution >= 4 is 11.6 Å². The van der Waals surface area contributed by atoms with Crippen molar-refractivity contribution in [2.75, 3.05) is 26.3 Å². The van der Waals surface area contributed by atoms with Crippen LogP contribution in [0.5, 0.6) is 0 Å². The fraction of sp³-hybridized carbons (Fsp3) is 0.571. The van der Waals surface area contributed by atoms with Gasteiger partial charge in [0.05, 0.1) is 19.3 Å². The highest BCUT2D eigenvalue weighted by atomic mass is 35.5. The Morgan fingerprint density at radius 2 is 2.26 bits per heavy atom. The van der Waals surface area contributed by atoms with Gasteiger partial charge in [0.2, 0.25) is 0 Å². The normalized spacial score (nSPS) is 26.3. The van der Waals surface area contributed by atoms with Crippen LogP contribution in [0, 0.1) is 0 Å². The van der Waals surface area contributed by atoms with Gasteiger partial charge in [-0.3, -0.25) is 4.90 Å². The fourth-order valence-electron chi connectivity index (χ4n) is 2.57. The number of ether oxygens (including phenoxy) is 1. The predicted molar refractivity (Wildman–Crippen MR) is 76.2 cm³/mol. The lowest BCUT2D eigenvalue weighted by molar-refractivity contribution is -0.0907. The molecule has 0 spiro atoms. The summed E-state index contributed by atoms with van der Waals surface area (Å²) in [5.41, 5.74) is 6.99. The lowest BCUT2D eigenvalue weighted by Gasteiger charge is -2.42. The van der Waals surface area contributed by atoms with Crippen LogP contribution in [0.1, 0.15) is 18.5 Å². The molecule has 1 aliphatic rings. The molecule has 0 aromatic heterocycles. The molecule has 1 heterocycles. The molecule has 0 saturated carbocycles. The number of morpholine rings is 1. The second-order valence-electron chi connectivity index (χ2n) is 4.96. The number of aliphatic hydroxyl groups is 1. The number of benzene rings is 1. The Bertz CT molecular complexity index is 416. The van der Waals surface area contributed by atoms with Gasteiger partial charge < -0.3 is 15.6 Å². The third kappa shape index (κ3) is 3.27. The highest BCUT2D eigenvalue weighted by Crippen LogP contribution is 2.30. The topological polar surface area (TPSA) is 58.7 Å².